The fraction of sp³-hybridized carbons (Fsp3) is 0.727. The third-order valence-corrected chi connectivity index (χ3v) is 2.86. The molecule has 0 aromatic heterocycles. The Labute approximate surface area is 106 Å². The lowest BCUT2D eigenvalue weighted by Gasteiger charge is -2.17. The highest BCUT2D eigenvalue weighted by Crippen LogP contribution is 2.17. The van der Waals surface area contributed by atoms with Gasteiger partial charge in [0.2, 0.25) is 11.8 Å². The summed E-state index contributed by atoms with van der Waals surface area (Å²) in [5, 5.41) is 5.91. The van der Waals surface area contributed by atoms with Crippen LogP contribution in [0.25, 0.3) is 0 Å². The van der Waals surface area contributed by atoms with E-state index in [1.807, 2.05) is 20.8 Å². The van der Waals surface area contributed by atoms with Crippen molar-refractivity contribution >= 4 is 28.7 Å². The third kappa shape index (κ3) is 6.31. The van der Waals surface area contributed by atoms with Crippen LogP contribution >= 0.6 is 11.8 Å². The number of nitrogens with one attached hydrogen (secondary N) is 2. The molecule has 0 fully saturated rings. The summed E-state index contributed by atoms with van der Waals surface area (Å²) in [5.74, 6) is 0.584. The van der Waals surface area contributed by atoms with Gasteiger partial charge < -0.3 is 10.6 Å². The van der Waals surface area contributed by atoms with Crippen molar-refractivity contribution in [3.63, 3.8) is 0 Å². The molecule has 1 heterocycles. The molecule has 2 amide bonds. The highest BCUT2D eigenvalue weighted by molar-refractivity contribution is 8.14. The van der Waals surface area contributed by atoms with Gasteiger partial charge in [0.15, 0.2) is 5.17 Å². The van der Waals surface area contributed by atoms with Gasteiger partial charge in [0, 0.05) is 12.2 Å². The van der Waals surface area contributed by atoms with Crippen molar-refractivity contribution in [2.75, 3.05) is 18.8 Å². The molecule has 1 rings (SSSR count). The number of nitrogens with zero attached hydrogens (tertiary/aromatic N) is 1. The number of thioether (sulfide) groups is 1. The Morgan fingerprint density at radius 3 is 2.59 bits per heavy atom. The number of amides is 2. The molecule has 2 N–H and O–H groups in total. The average Bonchev–Trinajstić information content (AvgIpc) is 2.64. The molecular formula is C11H19N3O2S. The second-order valence-corrected chi connectivity index (χ2v) is 6.18. The van der Waals surface area contributed by atoms with E-state index in [-0.39, 0.29) is 23.8 Å². The molecular weight excluding hydrogens is 238 g/mol. The molecule has 0 aliphatic carbocycles. The number of amidine groups is 1. The minimum Gasteiger partial charge on any atom is -0.347 e. The van der Waals surface area contributed by atoms with Crippen LogP contribution in [0, 0.1) is 5.41 Å². The molecule has 0 atom stereocenters. The van der Waals surface area contributed by atoms with Crippen LogP contribution in [0.4, 0.5) is 0 Å². The van der Waals surface area contributed by atoms with Crippen molar-refractivity contribution in [3.8, 4) is 0 Å². The van der Waals surface area contributed by atoms with Crippen LogP contribution in [0.1, 0.15) is 27.2 Å². The summed E-state index contributed by atoms with van der Waals surface area (Å²) in [4.78, 5) is 27.0. The van der Waals surface area contributed by atoms with Crippen LogP contribution < -0.4 is 10.6 Å². The van der Waals surface area contributed by atoms with Crippen molar-refractivity contribution in [2.24, 2.45) is 10.4 Å². The lowest BCUT2D eigenvalue weighted by Crippen LogP contribution is -2.39. The number of hydrogen-bond acceptors (Lipinski definition) is 4. The maximum absolute atomic E-state index is 11.5. The minimum atomic E-state index is -0.222. The maximum atomic E-state index is 11.5. The maximum Gasteiger partial charge on any atom is 0.245 e. The Balaban J connectivity index is 2.21. The first-order valence-corrected chi connectivity index (χ1v) is 6.59. The van der Waals surface area contributed by atoms with Crippen molar-refractivity contribution in [2.45, 2.75) is 27.2 Å². The van der Waals surface area contributed by atoms with Gasteiger partial charge in [-0.05, 0) is 5.41 Å². The Morgan fingerprint density at radius 2 is 2.06 bits per heavy atom. The number of carbonyl (C=O) groups excluding carboxylic acids is 2. The molecule has 1 aliphatic rings. The molecule has 0 unspecified atom stereocenters. The second-order valence-electron chi connectivity index (χ2n) is 5.10. The Morgan fingerprint density at radius 1 is 1.35 bits per heavy atom. The van der Waals surface area contributed by atoms with Gasteiger partial charge in [-0.3, -0.25) is 14.6 Å². The predicted octanol–water partition coefficient (Wildman–Crippen LogP) is 0.758. The fourth-order valence-corrected chi connectivity index (χ4v) is 2.04. The van der Waals surface area contributed by atoms with E-state index < -0.39 is 0 Å². The fourth-order valence-electron chi connectivity index (χ4n) is 1.30. The van der Waals surface area contributed by atoms with Gasteiger partial charge in [0.1, 0.15) is 0 Å². The summed E-state index contributed by atoms with van der Waals surface area (Å²) in [7, 11) is 0. The predicted molar refractivity (Wildman–Crippen MR) is 70.0 cm³/mol. The van der Waals surface area contributed by atoms with Crippen molar-refractivity contribution in [1.29, 1.82) is 0 Å². The quantitative estimate of drug-likeness (QED) is 0.784. The lowest BCUT2D eigenvalue weighted by atomic mass is 9.92. The molecule has 6 heteroatoms. The van der Waals surface area contributed by atoms with E-state index in [1.54, 1.807) is 0 Å². The van der Waals surface area contributed by atoms with Crippen molar-refractivity contribution < 1.29 is 9.59 Å². The van der Waals surface area contributed by atoms with Crippen LogP contribution in [0.3, 0.4) is 0 Å². The van der Waals surface area contributed by atoms with E-state index >= 15 is 0 Å². The average molecular weight is 257 g/mol. The summed E-state index contributed by atoms with van der Waals surface area (Å²) in [6.07, 6.45) is 0.413. The largest absolute Gasteiger partial charge is 0.347 e. The van der Waals surface area contributed by atoms with Crippen LogP contribution in [-0.4, -0.2) is 35.8 Å². The monoisotopic (exact) mass is 257 g/mol. The van der Waals surface area contributed by atoms with Gasteiger partial charge in [-0.15, -0.1) is 0 Å². The van der Waals surface area contributed by atoms with Gasteiger partial charge in [-0.25, -0.2) is 0 Å². The summed E-state index contributed by atoms with van der Waals surface area (Å²) < 4.78 is 0. The van der Waals surface area contributed by atoms with E-state index in [0.717, 1.165) is 12.3 Å². The molecule has 0 spiro atoms. The number of carbonyl (C=O) groups is 2. The number of rotatable bonds is 3. The van der Waals surface area contributed by atoms with Gasteiger partial charge >= 0.3 is 0 Å². The minimum absolute atomic E-state index is 0.00843. The molecule has 0 bridgehead atoms. The number of hydrogen-bond donors (Lipinski definition) is 2. The SMILES string of the molecule is CC(C)(C)CC(=O)NCC(=O)NC1=NCCS1. The van der Waals surface area contributed by atoms with Gasteiger partial charge in [-0.1, -0.05) is 32.5 Å². The van der Waals surface area contributed by atoms with Crippen LogP contribution in [0.15, 0.2) is 4.99 Å². The first-order chi connectivity index (χ1) is 7.87. The topological polar surface area (TPSA) is 70.6 Å². The zero-order valence-corrected chi connectivity index (χ0v) is 11.3. The Hall–Kier alpha value is -1.04. The van der Waals surface area contributed by atoms with E-state index in [0.29, 0.717) is 11.6 Å². The number of aliphatic imine (C=N–C) groups is 1. The lowest BCUT2D eigenvalue weighted by molar-refractivity contribution is -0.126. The first-order valence-electron chi connectivity index (χ1n) is 5.61. The molecule has 0 saturated heterocycles. The summed E-state index contributed by atoms with van der Waals surface area (Å²) >= 11 is 1.52. The van der Waals surface area contributed by atoms with Crippen molar-refractivity contribution in [3.05, 3.63) is 0 Å². The summed E-state index contributed by atoms with van der Waals surface area (Å²) in [6.45, 7) is 6.70. The van der Waals surface area contributed by atoms with Crippen LogP contribution in [0.2, 0.25) is 0 Å². The molecule has 0 aromatic rings. The second kappa shape index (κ2) is 6.05. The Bertz CT molecular complexity index is 334. The van der Waals surface area contributed by atoms with Gasteiger partial charge in [0.05, 0.1) is 13.1 Å². The smallest absolute Gasteiger partial charge is 0.245 e. The summed E-state index contributed by atoms with van der Waals surface area (Å²) in [5.41, 5.74) is -0.0635. The molecule has 0 saturated carbocycles. The highest BCUT2D eigenvalue weighted by Gasteiger charge is 2.17. The van der Waals surface area contributed by atoms with Crippen molar-refractivity contribution in [1.82, 2.24) is 10.6 Å². The molecule has 0 radical (unpaired) electrons. The zero-order valence-electron chi connectivity index (χ0n) is 10.5. The third-order valence-electron chi connectivity index (χ3n) is 1.97. The molecule has 0 aromatic carbocycles. The van der Waals surface area contributed by atoms with E-state index in [2.05, 4.69) is 15.6 Å². The molecule has 17 heavy (non-hydrogen) atoms. The molecule has 96 valence electrons. The first kappa shape index (κ1) is 14.0. The normalized spacial score (nSPS) is 15.4. The van der Waals surface area contributed by atoms with Crippen LogP contribution in [0.5, 0.6) is 0 Å². The van der Waals surface area contributed by atoms with E-state index in [4.69, 9.17) is 0 Å². The zero-order chi connectivity index (χ0) is 12.9. The molecule has 5 nitrogen and oxygen atoms in total. The molecule has 1 aliphatic heterocycles. The Kier molecular flexibility index (Phi) is 4.99. The standard InChI is InChI=1S/C11H19N3O2S/c1-11(2,3)6-8(15)13-7-9(16)14-10-12-4-5-17-10/h4-7H2,1-3H3,(H,13,15)(H,12,14,16). The summed E-state index contributed by atoms with van der Waals surface area (Å²) in [6, 6.07) is 0. The van der Waals surface area contributed by atoms with Gasteiger partial charge in [-0.2, -0.15) is 0 Å². The highest BCUT2D eigenvalue weighted by atomic mass is 32.2. The van der Waals surface area contributed by atoms with E-state index in [1.165, 1.54) is 11.8 Å². The van der Waals surface area contributed by atoms with Crippen LogP contribution in [-0.2, 0) is 9.59 Å². The van der Waals surface area contributed by atoms with Gasteiger partial charge in [0.25, 0.3) is 0 Å². The van der Waals surface area contributed by atoms with E-state index in [9.17, 15) is 9.59 Å².